The lowest BCUT2D eigenvalue weighted by molar-refractivity contribution is -0.558. The van der Waals surface area contributed by atoms with Gasteiger partial charge in [-0.25, -0.2) is 4.58 Å². The zero-order chi connectivity index (χ0) is 23.7. The molecule has 3 fully saturated rings. The van der Waals surface area contributed by atoms with E-state index in [1.165, 1.54) is 85.4 Å². The van der Waals surface area contributed by atoms with Crippen LogP contribution in [0.4, 0.5) is 0 Å². The highest BCUT2D eigenvalue weighted by Gasteiger charge is 2.42. The predicted molar refractivity (Wildman–Crippen MR) is 152 cm³/mol. The van der Waals surface area contributed by atoms with Gasteiger partial charge in [0.05, 0.1) is 10.3 Å². The zero-order valence-corrected chi connectivity index (χ0v) is 23.5. The monoisotopic (exact) mass is 497 g/mol. The number of rotatable bonds is 5. The van der Waals surface area contributed by atoms with Gasteiger partial charge in [0, 0.05) is 30.3 Å². The Hall–Kier alpha value is -0.870. The standard InChI is InChI=1S/C30H45N2S2/c1-5-31-24-13-7-9-15-26(24)33-28(31)17-11-12-22-18-23(21-30(3,4)20-22)19-29-32(6-2)25-14-8-10-16-27(25)34-29/h11-12,17-19,24-27H,5-10,13-16,20-21H2,1-4H3/q+1. The second kappa shape index (κ2) is 10.6. The van der Waals surface area contributed by atoms with Crippen LogP contribution in [0.1, 0.15) is 91.9 Å². The molecule has 0 aromatic heterocycles. The molecular weight excluding hydrogens is 452 g/mol. The van der Waals surface area contributed by atoms with Crippen LogP contribution in [-0.4, -0.2) is 50.2 Å². The number of hydrogen-bond acceptors (Lipinski definition) is 3. The molecule has 0 bridgehead atoms. The van der Waals surface area contributed by atoms with Gasteiger partial charge in [0.15, 0.2) is 6.04 Å². The first kappa shape index (κ1) is 24.8. The molecule has 4 atom stereocenters. The topological polar surface area (TPSA) is 6.25 Å². The fourth-order valence-corrected chi connectivity index (χ4v) is 10.3. The maximum atomic E-state index is 2.72. The Balaban J connectivity index is 1.35. The van der Waals surface area contributed by atoms with Crippen molar-refractivity contribution in [2.75, 3.05) is 13.1 Å². The van der Waals surface area contributed by atoms with Gasteiger partial charge in [0.2, 0.25) is 5.04 Å². The van der Waals surface area contributed by atoms with Crippen molar-refractivity contribution in [1.82, 2.24) is 4.90 Å². The zero-order valence-electron chi connectivity index (χ0n) is 21.9. The van der Waals surface area contributed by atoms with Gasteiger partial charge in [-0.1, -0.05) is 51.3 Å². The molecule has 2 heterocycles. The van der Waals surface area contributed by atoms with Crippen molar-refractivity contribution in [3.8, 4) is 0 Å². The molecule has 5 aliphatic rings. The Morgan fingerprint density at radius 2 is 1.76 bits per heavy atom. The molecule has 0 amide bonds. The van der Waals surface area contributed by atoms with Crippen LogP contribution in [0.25, 0.3) is 0 Å². The van der Waals surface area contributed by atoms with Crippen LogP contribution in [-0.2, 0) is 0 Å². The maximum Gasteiger partial charge on any atom is 0.235 e. The normalized spacial score (nSPS) is 35.9. The van der Waals surface area contributed by atoms with E-state index < -0.39 is 0 Å². The van der Waals surface area contributed by atoms with Gasteiger partial charge in [-0.05, 0) is 86.8 Å². The van der Waals surface area contributed by atoms with Gasteiger partial charge in [-0.15, -0.1) is 11.8 Å². The van der Waals surface area contributed by atoms with E-state index in [0.717, 1.165) is 35.7 Å². The summed E-state index contributed by atoms with van der Waals surface area (Å²) in [5.74, 6) is 0. The largest absolute Gasteiger partial charge is 0.363 e. The first-order valence-corrected chi connectivity index (χ1v) is 15.8. The minimum Gasteiger partial charge on any atom is -0.363 e. The Morgan fingerprint density at radius 1 is 1.00 bits per heavy atom. The van der Waals surface area contributed by atoms with Gasteiger partial charge in [0.25, 0.3) is 0 Å². The van der Waals surface area contributed by atoms with Crippen LogP contribution in [0, 0.1) is 5.41 Å². The molecule has 0 aromatic carbocycles. The number of allylic oxidation sites excluding steroid dienone is 6. The van der Waals surface area contributed by atoms with Gasteiger partial charge < -0.3 is 4.90 Å². The van der Waals surface area contributed by atoms with E-state index in [9.17, 15) is 0 Å². The highest BCUT2D eigenvalue weighted by atomic mass is 32.2. The first-order valence-electron chi connectivity index (χ1n) is 14.0. The quantitative estimate of drug-likeness (QED) is 0.356. The molecule has 186 valence electrons. The van der Waals surface area contributed by atoms with Crippen LogP contribution in [0.2, 0.25) is 0 Å². The second-order valence-electron chi connectivity index (χ2n) is 11.7. The van der Waals surface area contributed by atoms with Crippen LogP contribution in [0.3, 0.4) is 0 Å². The van der Waals surface area contributed by atoms with Crippen molar-refractivity contribution in [3.05, 3.63) is 46.6 Å². The Morgan fingerprint density at radius 3 is 2.56 bits per heavy atom. The highest BCUT2D eigenvalue weighted by Crippen LogP contribution is 2.47. The van der Waals surface area contributed by atoms with Crippen LogP contribution in [0.15, 0.2) is 46.6 Å². The fraction of sp³-hybridized carbons (Fsp3) is 0.700. The molecular formula is C30H45N2S2+. The molecule has 4 unspecified atom stereocenters. The lowest BCUT2D eigenvalue weighted by Gasteiger charge is -2.32. The van der Waals surface area contributed by atoms with E-state index in [2.05, 4.69) is 91.1 Å². The first-order chi connectivity index (χ1) is 16.5. The van der Waals surface area contributed by atoms with Crippen molar-refractivity contribution >= 4 is 28.6 Å². The van der Waals surface area contributed by atoms with E-state index in [1.807, 2.05) is 0 Å². The smallest absolute Gasteiger partial charge is 0.235 e. The average Bonchev–Trinajstić information content (AvgIpc) is 3.34. The van der Waals surface area contributed by atoms with Crippen LogP contribution < -0.4 is 0 Å². The number of hydrogen-bond donors (Lipinski definition) is 0. The third-order valence-electron chi connectivity index (χ3n) is 8.52. The van der Waals surface area contributed by atoms with Gasteiger partial charge >= 0.3 is 0 Å². The maximum absolute atomic E-state index is 2.72. The van der Waals surface area contributed by atoms with Crippen molar-refractivity contribution < 1.29 is 4.58 Å². The summed E-state index contributed by atoms with van der Waals surface area (Å²) in [6.07, 6.45) is 25.8. The van der Waals surface area contributed by atoms with Crippen LogP contribution in [0.5, 0.6) is 0 Å². The van der Waals surface area contributed by atoms with Crippen molar-refractivity contribution in [2.24, 2.45) is 5.41 Å². The molecule has 0 radical (unpaired) electrons. The molecule has 3 aliphatic carbocycles. The number of thioether (sulfide) groups is 2. The molecule has 0 aromatic rings. The fourth-order valence-electron chi connectivity index (χ4n) is 7.07. The van der Waals surface area contributed by atoms with Gasteiger partial charge in [-0.3, -0.25) is 0 Å². The molecule has 5 rings (SSSR count). The van der Waals surface area contributed by atoms with E-state index in [-0.39, 0.29) is 0 Å². The summed E-state index contributed by atoms with van der Waals surface area (Å²) < 4.78 is 2.68. The summed E-state index contributed by atoms with van der Waals surface area (Å²) in [4.78, 5) is 2.72. The minimum atomic E-state index is 0.327. The average molecular weight is 498 g/mol. The lowest BCUT2D eigenvalue weighted by atomic mass is 9.75. The molecule has 0 N–H and O–H groups in total. The number of fused-ring (bicyclic) bond motifs is 2. The third kappa shape index (κ3) is 5.28. The molecule has 2 saturated carbocycles. The molecule has 1 saturated heterocycles. The Bertz CT molecular complexity index is 922. The summed E-state index contributed by atoms with van der Waals surface area (Å²) >= 11 is 4.31. The second-order valence-corrected chi connectivity index (χ2v) is 14.3. The van der Waals surface area contributed by atoms with E-state index in [0.29, 0.717) is 5.41 Å². The summed E-state index contributed by atoms with van der Waals surface area (Å²) in [5, 5.41) is 4.68. The highest BCUT2D eigenvalue weighted by molar-refractivity contribution is 8.14. The van der Waals surface area contributed by atoms with E-state index >= 15 is 0 Å². The SMILES string of the molecule is CCN1/C(=C/C2=CC(=C/C=C/C3=[N+](CC)C4CCCCC4S3)/CC(C)(C)C2)SC2CCCCC21. The van der Waals surface area contributed by atoms with Crippen LogP contribution >= 0.6 is 23.5 Å². The van der Waals surface area contributed by atoms with E-state index in [4.69, 9.17) is 0 Å². The summed E-state index contributed by atoms with van der Waals surface area (Å²) in [6.45, 7) is 11.8. The van der Waals surface area contributed by atoms with Crippen molar-refractivity contribution in [2.45, 2.75) is 114 Å². The summed E-state index contributed by atoms with van der Waals surface area (Å²) in [6, 6.07) is 1.55. The molecule has 2 nitrogen and oxygen atoms in total. The third-order valence-corrected chi connectivity index (χ3v) is 11.4. The number of nitrogens with zero attached hydrogens (tertiary/aromatic N) is 2. The summed E-state index contributed by atoms with van der Waals surface area (Å²) in [5.41, 5.74) is 3.35. The van der Waals surface area contributed by atoms with Gasteiger partial charge in [0.1, 0.15) is 6.54 Å². The molecule has 34 heavy (non-hydrogen) atoms. The van der Waals surface area contributed by atoms with Crippen molar-refractivity contribution in [1.29, 1.82) is 0 Å². The van der Waals surface area contributed by atoms with E-state index in [1.54, 1.807) is 0 Å². The minimum absolute atomic E-state index is 0.327. The molecule has 0 spiro atoms. The molecule has 4 heteroatoms. The Kier molecular flexibility index (Phi) is 7.75. The van der Waals surface area contributed by atoms with Gasteiger partial charge in [-0.2, -0.15) is 0 Å². The predicted octanol–water partition coefficient (Wildman–Crippen LogP) is 7.93. The summed E-state index contributed by atoms with van der Waals surface area (Å²) in [7, 11) is 0. The molecule has 2 aliphatic heterocycles. The Labute approximate surface area is 217 Å². The lowest BCUT2D eigenvalue weighted by Crippen LogP contribution is -2.36. The van der Waals surface area contributed by atoms with Crippen molar-refractivity contribution in [3.63, 3.8) is 0 Å².